The average molecular weight is 442 g/mol. The van der Waals surface area contributed by atoms with Gasteiger partial charge in [-0.3, -0.25) is 15.2 Å². The first-order chi connectivity index (χ1) is 15.4. The maximum atomic E-state index is 14.2. The van der Waals surface area contributed by atoms with Gasteiger partial charge in [0.2, 0.25) is 0 Å². The van der Waals surface area contributed by atoms with Crippen LogP contribution in [0.4, 0.5) is 8.78 Å². The molecule has 2 unspecified atom stereocenters. The predicted molar refractivity (Wildman–Crippen MR) is 114 cm³/mol. The first-order valence-electron chi connectivity index (χ1n) is 10.6. The van der Waals surface area contributed by atoms with Gasteiger partial charge >= 0.3 is 0 Å². The lowest BCUT2D eigenvalue weighted by Crippen LogP contribution is -2.28. The van der Waals surface area contributed by atoms with E-state index in [0.717, 1.165) is 5.56 Å². The van der Waals surface area contributed by atoms with E-state index in [4.69, 9.17) is 9.47 Å². The molecule has 2 heterocycles. The van der Waals surface area contributed by atoms with Crippen molar-refractivity contribution in [3.8, 4) is 5.75 Å². The molecule has 32 heavy (non-hydrogen) atoms. The van der Waals surface area contributed by atoms with Gasteiger partial charge in [0.05, 0.1) is 43.5 Å². The number of H-pyrrole nitrogens is 1. The summed E-state index contributed by atoms with van der Waals surface area (Å²) in [4.78, 5) is 13.3. The first kappa shape index (κ1) is 20.8. The van der Waals surface area contributed by atoms with E-state index in [1.54, 1.807) is 31.5 Å². The van der Waals surface area contributed by atoms with E-state index in [-0.39, 0.29) is 23.9 Å². The Morgan fingerprint density at radius 2 is 2.25 bits per heavy atom. The summed E-state index contributed by atoms with van der Waals surface area (Å²) >= 11 is 0. The molecule has 0 bridgehead atoms. The van der Waals surface area contributed by atoms with E-state index in [1.165, 1.54) is 6.07 Å². The summed E-state index contributed by atoms with van der Waals surface area (Å²) in [5, 5.41) is 14.0. The Kier molecular flexibility index (Phi) is 5.10. The van der Waals surface area contributed by atoms with E-state index >= 15 is 0 Å². The standard InChI is InChI=1S/C23H24F2N4O3/c1-12(13-4-3-5-18-14(13)6-7-23(18,24)25)28-22(30)16-8-15(19-10-32-11-26-19)21(31-2)17-9-27-29-20(16)17/h3-5,8-9,12,19,26H,6-7,10-11H2,1-2H3,(H,27,29)(H,28,30). The molecule has 2 aromatic carbocycles. The number of rotatable bonds is 5. The molecule has 3 N–H and O–H groups in total. The summed E-state index contributed by atoms with van der Waals surface area (Å²) in [6.45, 7) is 2.68. The second kappa shape index (κ2) is 7.83. The van der Waals surface area contributed by atoms with Crippen molar-refractivity contribution in [2.24, 2.45) is 0 Å². The zero-order valence-corrected chi connectivity index (χ0v) is 17.8. The molecule has 1 saturated heterocycles. The third kappa shape index (κ3) is 3.32. The minimum absolute atomic E-state index is 0.0600. The summed E-state index contributed by atoms with van der Waals surface area (Å²) in [5.41, 5.74) is 3.07. The minimum atomic E-state index is -2.82. The van der Waals surface area contributed by atoms with Crippen molar-refractivity contribution in [1.29, 1.82) is 0 Å². The fourth-order valence-corrected chi connectivity index (χ4v) is 4.77. The van der Waals surface area contributed by atoms with Crippen molar-refractivity contribution >= 4 is 16.8 Å². The van der Waals surface area contributed by atoms with Crippen molar-refractivity contribution in [3.05, 3.63) is 58.3 Å². The Labute approximate surface area is 183 Å². The van der Waals surface area contributed by atoms with Gasteiger partial charge in [0.25, 0.3) is 11.8 Å². The topological polar surface area (TPSA) is 88.3 Å². The van der Waals surface area contributed by atoms with Crippen LogP contribution in [0.25, 0.3) is 10.9 Å². The van der Waals surface area contributed by atoms with E-state index < -0.39 is 12.0 Å². The van der Waals surface area contributed by atoms with Crippen LogP contribution in [0.15, 0.2) is 30.5 Å². The van der Waals surface area contributed by atoms with Crippen LogP contribution in [0.2, 0.25) is 0 Å². The molecule has 1 amide bonds. The number of carbonyl (C=O) groups is 1. The van der Waals surface area contributed by atoms with E-state index in [1.807, 2.05) is 6.92 Å². The van der Waals surface area contributed by atoms with Crippen LogP contribution >= 0.6 is 0 Å². The number of halogens is 2. The summed E-state index contributed by atoms with van der Waals surface area (Å²) < 4.78 is 39.4. The number of ether oxygens (including phenoxy) is 2. The molecule has 168 valence electrons. The Balaban J connectivity index is 1.50. The summed E-state index contributed by atoms with van der Waals surface area (Å²) in [6.07, 6.45) is 1.79. The second-order valence-electron chi connectivity index (χ2n) is 8.24. The van der Waals surface area contributed by atoms with Gasteiger partial charge in [0.15, 0.2) is 0 Å². The highest BCUT2D eigenvalue weighted by Crippen LogP contribution is 2.44. The third-order valence-electron chi connectivity index (χ3n) is 6.35. The van der Waals surface area contributed by atoms with Crippen LogP contribution in [0.1, 0.15) is 58.0 Å². The van der Waals surface area contributed by atoms with Gasteiger partial charge in [-0.1, -0.05) is 18.2 Å². The maximum Gasteiger partial charge on any atom is 0.273 e. The zero-order valence-electron chi connectivity index (χ0n) is 17.8. The molecule has 1 fully saturated rings. The number of hydrogen-bond acceptors (Lipinski definition) is 5. The van der Waals surface area contributed by atoms with E-state index in [9.17, 15) is 13.6 Å². The number of methoxy groups -OCH3 is 1. The summed E-state index contributed by atoms with van der Waals surface area (Å²) in [7, 11) is 1.58. The number of nitrogens with one attached hydrogen (secondary N) is 3. The van der Waals surface area contributed by atoms with Crippen molar-refractivity contribution in [2.45, 2.75) is 37.8 Å². The van der Waals surface area contributed by atoms with Crippen molar-refractivity contribution in [1.82, 2.24) is 20.8 Å². The highest BCUT2D eigenvalue weighted by Gasteiger charge is 2.40. The number of aromatic nitrogens is 2. The Hall–Kier alpha value is -3.04. The van der Waals surface area contributed by atoms with Crippen molar-refractivity contribution < 1.29 is 23.0 Å². The quantitative estimate of drug-likeness (QED) is 0.561. The summed E-state index contributed by atoms with van der Waals surface area (Å²) in [5.74, 6) is -2.53. The lowest BCUT2D eigenvalue weighted by molar-refractivity contribution is -0.00185. The Bertz CT molecular complexity index is 1190. The number of carbonyl (C=O) groups excluding carboxylic acids is 1. The molecule has 9 heteroatoms. The first-order valence-corrected chi connectivity index (χ1v) is 10.6. The highest BCUT2D eigenvalue weighted by atomic mass is 19.3. The van der Waals surface area contributed by atoms with E-state index in [0.29, 0.717) is 53.1 Å². The van der Waals surface area contributed by atoms with E-state index in [2.05, 4.69) is 20.8 Å². The third-order valence-corrected chi connectivity index (χ3v) is 6.35. The van der Waals surface area contributed by atoms with Crippen LogP contribution < -0.4 is 15.4 Å². The molecule has 1 aliphatic carbocycles. The Morgan fingerprint density at radius 1 is 1.41 bits per heavy atom. The van der Waals surface area contributed by atoms with Crippen LogP contribution in [0.3, 0.4) is 0 Å². The molecule has 2 atom stereocenters. The smallest absolute Gasteiger partial charge is 0.273 e. The number of aromatic amines is 1. The number of benzene rings is 2. The molecule has 0 saturated carbocycles. The molecule has 0 radical (unpaired) electrons. The Morgan fingerprint density at radius 3 is 3.00 bits per heavy atom. The molecule has 7 nitrogen and oxygen atoms in total. The number of nitrogens with zero attached hydrogens (tertiary/aromatic N) is 1. The van der Waals surface area contributed by atoms with Crippen LogP contribution in [-0.4, -0.2) is 36.6 Å². The molecule has 1 aromatic heterocycles. The van der Waals surface area contributed by atoms with Crippen LogP contribution in [-0.2, 0) is 17.1 Å². The highest BCUT2D eigenvalue weighted by molar-refractivity contribution is 6.07. The van der Waals surface area contributed by atoms with Crippen LogP contribution in [0.5, 0.6) is 5.75 Å². The molecule has 2 aliphatic rings. The summed E-state index contributed by atoms with van der Waals surface area (Å²) in [6, 6.07) is 6.10. The van der Waals surface area contributed by atoms with Gasteiger partial charge in [-0.05, 0) is 30.5 Å². The lowest BCUT2D eigenvalue weighted by Gasteiger charge is -2.20. The van der Waals surface area contributed by atoms with Crippen molar-refractivity contribution in [3.63, 3.8) is 0 Å². The largest absolute Gasteiger partial charge is 0.496 e. The molecule has 3 aromatic rings. The number of hydrogen-bond donors (Lipinski definition) is 3. The molecule has 5 rings (SSSR count). The zero-order chi connectivity index (χ0) is 22.5. The van der Waals surface area contributed by atoms with Gasteiger partial charge in [0, 0.05) is 23.7 Å². The molecular weight excluding hydrogens is 418 g/mol. The van der Waals surface area contributed by atoms with Gasteiger partial charge < -0.3 is 14.8 Å². The van der Waals surface area contributed by atoms with Gasteiger partial charge in [-0.25, -0.2) is 8.78 Å². The number of amides is 1. The fourth-order valence-electron chi connectivity index (χ4n) is 4.77. The molecule has 1 aliphatic heterocycles. The van der Waals surface area contributed by atoms with Crippen LogP contribution in [0, 0.1) is 0 Å². The van der Waals surface area contributed by atoms with Crippen molar-refractivity contribution in [2.75, 3.05) is 20.4 Å². The maximum absolute atomic E-state index is 14.2. The monoisotopic (exact) mass is 442 g/mol. The van der Waals surface area contributed by atoms with Gasteiger partial charge in [0.1, 0.15) is 11.3 Å². The second-order valence-corrected chi connectivity index (χ2v) is 8.24. The van der Waals surface area contributed by atoms with Gasteiger partial charge in [-0.2, -0.15) is 5.10 Å². The molecule has 0 spiro atoms. The normalized spacial score (nSPS) is 20.3. The number of fused-ring (bicyclic) bond motifs is 2. The minimum Gasteiger partial charge on any atom is -0.496 e. The fraction of sp³-hybridized carbons (Fsp3) is 0.391. The molecular formula is C23H24F2N4O3. The predicted octanol–water partition coefficient (Wildman–Crippen LogP) is 3.72. The SMILES string of the molecule is COc1c(C2COCN2)cc(C(=O)NC(C)c2cccc3c2CCC3(F)F)c2n[nH]cc12. The lowest BCUT2D eigenvalue weighted by atomic mass is 9.96. The number of alkyl halides is 2. The average Bonchev–Trinajstić information content (AvgIpc) is 3.53. The van der Waals surface area contributed by atoms with Gasteiger partial charge in [-0.15, -0.1) is 0 Å².